The van der Waals surface area contributed by atoms with E-state index >= 15 is 0 Å². The van der Waals surface area contributed by atoms with Gasteiger partial charge in [-0.25, -0.2) is 4.98 Å². The Morgan fingerprint density at radius 1 is 1.76 bits per heavy atom. The third kappa shape index (κ3) is 3.40. The monoisotopic (exact) mass is 274 g/mol. The number of thiazole rings is 1. The van der Waals surface area contributed by atoms with Gasteiger partial charge < -0.3 is 10.1 Å². The van der Waals surface area contributed by atoms with Crippen LogP contribution in [0.1, 0.15) is 26.2 Å². The number of anilines is 1. The quantitative estimate of drug-likeness (QED) is 0.922. The predicted octanol–water partition coefficient (Wildman–Crippen LogP) is 2.94. The molecular formula is C11H15ClN2O2S. The molecule has 0 aliphatic carbocycles. The minimum Gasteiger partial charge on any atom is -0.378 e. The molecule has 0 radical (unpaired) electrons. The van der Waals surface area contributed by atoms with Crippen LogP contribution in [0.2, 0.25) is 4.34 Å². The van der Waals surface area contributed by atoms with Gasteiger partial charge in [-0.15, -0.1) is 0 Å². The lowest BCUT2D eigenvalue weighted by Gasteiger charge is -2.27. The maximum absolute atomic E-state index is 12.0. The molecule has 2 atom stereocenters. The molecule has 0 saturated carbocycles. The van der Waals surface area contributed by atoms with E-state index in [1.165, 1.54) is 11.3 Å². The van der Waals surface area contributed by atoms with Gasteiger partial charge in [0.05, 0.1) is 12.3 Å². The summed E-state index contributed by atoms with van der Waals surface area (Å²) in [4.78, 5) is 16.0. The molecule has 1 aliphatic rings. The standard InChI is InChI=1S/C11H15ClN2O2S/c1-2-8-5-7(3-4-16-8)10(15)14-11-13-6-9(12)17-11/h6-8H,2-5H2,1H3,(H,13,14,15)/t7-,8-/m1/s1. The predicted molar refractivity (Wildman–Crippen MR) is 68.5 cm³/mol. The molecule has 0 bridgehead atoms. The van der Waals surface area contributed by atoms with E-state index in [0.29, 0.717) is 16.1 Å². The first-order valence-electron chi connectivity index (χ1n) is 5.72. The van der Waals surface area contributed by atoms with Gasteiger partial charge in [-0.3, -0.25) is 4.79 Å². The number of halogens is 1. The zero-order valence-corrected chi connectivity index (χ0v) is 11.2. The molecule has 1 aromatic rings. The lowest BCUT2D eigenvalue weighted by atomic mass is 9.94. The van der Waals surface area contributed by atoms with E-state index in [2.05, 4.69) is 17.2 Å². The molecular weight excluding hydrogens is 260 g/mol. The van der Waals surface area contributed by atoms with Crippen molar-refractivity contribution in [1.82, 2.24) is 4.98 Å². The molecule has 1 saturated heterocycles. The molecule has 4 nitrogen and oxygen atoms in total. The van der Waals surface area contributed by atoms with Gasteiger partial charge in [0.2, 0.25) is 5.91 Å². The molecule has 6 heteroatoms. The first-order valence-corrected chi connectivity index (χ1v) is 6.92. The zero-order chi connectivity index (χ0) is 12.3. The van der Waals surface area contributed by atoms with Crippen LogP contribution < -0.4 is 5.32 Å². The number of aromatic nitrogens is 1. The fourth-order valence-electron chi connectivity index (χ4n) is 1.92. The van der Waals surface area contributed by atoms with E-state index in [-0.39, 0.29) is 17.9 Å². The molecule has 0 aromatic carbocycles. The summed E-state index contributed by atoms with van der Waals surface area (Å²) >= 11 is 7.04. The van der Waals surface area contributed by atoms with E-state index in [1.807, 2.05) is 0 Å². The van der Waals surface area contributed by atoms with Crippen molar-refractivity contribution in [2.75, 3.05) is 11.9 Å². The summed E-state index contributed by atoms with van der Waals surface area (Å²) in [5.74, 6) is 0.0501. The van der Waals surface area contributed by atoms with Gasteiger partial charge in [0.1, 0.15) is 4.34 Å². The Kier molecular flexibility index (Phi) is 4.36. The maximum atomic E-state index is 12.0. The van der Waals surface area contributed by atoms with Crippen molar-refractivity contribution in [3.8, 4) is 0 Å². The molecule has 0 spiro atoms. The van der Waals surface area contributed by atoms with Crippen LogP contribution in [0.25, 0.3) is 0 Å². The van der Waals surface area contributed by atoms with Gasteiger partial charge in [-0.05, 0) is 19.3 Å². The number of carbonyl (C=O) groups is 1. The third-order valence-electron chi connectivity index (χ3n) is 2.90. The van der Waals surface area contributed by atoms with E-state index in [9.17, 15) is 4.79 Å². The number of nitrogens with zero attached hydrogens (tertiary/aromatic N) is 1. The van der Waals surface area contributed by atoms with E-state index in [1.54, 1.807) is 6.20 Å². The smallest absolute Gasteiger partial charge is 0.229 e. The average Bonchev–Trinajstić information content (AvgIpc) is 2.75. The Hall–Kier alpha value is -0.650. The van der Waals surface area contributed by atoms with Gasteiger partial charge in [-0.1, -0.05) is 29.9 Å². The summed E-state index contributed by atoms with van der Waals surface area (Å²) in [7, 11) is 0. The largest absolute Gasteiger partial charge is 0.378 e. The second-order valence-corrected chi connectivity index (χ2v) is 5.74. The number of rotatable bonds is 3. The van der Waals surface area contributed by atoms with Crippen molar-refractivity contribution < 1.29 is 9.53 Å². The molecule has 1 N–H and O–H groups in total. The van der Waals surface area contributed by atoms with Crippen LogP contribution in [0.3, 0.4) is 0 Å². The third-order valence-corrected chi connectivity index (χ3v) is 3.93. The Morgan fingerprint density at radius 3 is 3.24 bits per heavy atom. The van der Waals surface area contributed by atoms with Gasteiger partial charge in [0.25, 0.3) is 0 Å². The number of amides is 1. The number of carbonyl (C=O) groups excluding carboxylic acids is 1. The summed E-state index contributed by atoms with van der Waals surface area (Å²) in [6.45, 7) is 2.74. The van der Waals surface area contributed by atoms with Crippen molar-refractivity contribution in [3.05, 3.63) is 10.5 Å². The van der Waals surface area contributed by atoms with E-state index < -0.39 is 0 Å². The fraction of sp³-hybridized carbons (Fsp3) is 0.636. The van der Waals surface area contributed by atoms with Crippen molar-refractivity contribution in [1.29, 1.82) is 0 Å². The van der Waals surface area contributed by atoms with Gasteiger partial charge in [0, 0.05) is 12.5 Å². The Labute approximate surface area is 109 Å². The SMILES string of the molecule is CC[C@@H]1C[C@H](C(=O)Nc2ncc(Cl)s2)CCO1. The highest BCUT2D eigenvalue weighted by Crippen LogP contribution is 2.26. The number of hydrogen-bond acceptors (Lipinski definition) is 4. The highest BCUT2D eigenvalue weighted by atomic mass is 35.5. The first kappa shape index (κ1) is 12.8. The second-order valence-electron chi connectivity index (χ2n) is 4.08. The molecule has 1 aliphatic heterocycles. The molecule has 2 rings (SSSR count). The van der Waals surface area contributed by atoms with Crippen LogP contribution in [-0.2, 0) is 9.53 Å². The van der Waals surface area contributed by atoms with Crippen LogP contribution in [0, 0.1) is 5.92 Å². The lowest BCUT2D eigenvalue weighted by Crippen LogP contribution is -2.33. The number of nitrogens with one attached hydrogen (secondary N) is 1. The topological polar surface area (TPSA) is 51.2 Å². The van der Waals surface area contributed by atoms with Gasteiger partial charge >= 0.3 is 0 Å². The Bertz CT molecular complexity index is 397. The highest BCUT2D eigenvalue weighted by molar-refractivity contribution is 7.19. The number of hydrogen-bond donors (Lipinski definition) is 1. The maximum Gasteiger partial charge on any atom is 0.229 e. The van der Waals surface area contributed by atoms with Gasteiger partial charge in [0.15, 0.2) is 5.13 Å². The molecule has 1 aromatic heterocycles. The van der Waals surface area contributed by atoms with E-state index in [0.717, 1.165) is 19.3 Å². The molecule has 1 fully saturated rings. The summed E-state index contributed by atoms with van der Waals surface area (Å²) < 4.78 is 6.13. The fourth-order valence-corrected chi connectivity index (χ4v) is 2.74. The summed E-state index contributed by atoms with van der Waals surface area (Å²) in [6, 6.07) is 0. The van der Waals surface area contributed by atoms with Crippen molar-refractivity contribution >= 4 is 34.0 Å². The van der Waals surface area contributed by atoms with Crippen molar-refractivity contribution in [3.63, 3.8) is 0 Å². The van der Waals surface area contributed by atoms with Crippen molar-refractivity contribution in [2.24, 2.45) is 5.92 Å². The molecule has 1 amide bonds. The molecule has 94 valence electrons. The number of ether oxygens (including phenoxy) is 1. The minimum absolute atomic E-state index is 0.0244. The average molecular weight is 275 g/mol. The molecule has 2 heterocycles. The highest BCUT2D eigenvalue weighted by Gasteiger charge is 2.27. The summed E-state index contributed by atoms with van der Waals surface area (Å²) in [6.07, 6.45) is 4.27. The van der Waals surface area contributed by atoms with E-state index in [4.69, 9.17) is 16.3 Å². The molecule has 0 unspecified atom stereocenters. The first-order chi connectivity index (χ1) is 8.19. The summed E-state index contributed by atoms with van der Waals surface area (Å²) in [5, 5.41) is 3.37. The van der Waals surface area contributed by atoms with Gasteiger partial charge in [-0.2, -0.15) is 0 Å². The van der Waals surface area contributed by atoms with Crippen molar-refractivity contribution in [2.45, 2.75) is 32.3 Å². The van der Waals surface area contributed by atoms with Crippen LogP contribution in [-0.4, -0.2) is 23.6 Å². The Balaban J connectivity index is 1.91. The molecule has 17 heavy (non-hydrogen) atoms. The Morgan fingerprint density at radius 2 is 2.59 bits per heavy atom. The summed E-state index contributed by atoms with van der Waals surface area (Å²) in [5.41, 5.74) is 0. The van der Waals surface area contributed by atoms with Crippen LogP contribution in [0.15, 0.2) is 6.20 Å². The zero-order valence-electron chi connectivity index (χ0n) is 9.61. The van der Waals surface area contributed by atoms with Crippen LogP contribution in [0.5, 0.6) is 0 Å². The second kappa shape index (κ2) is 5.80. The van der Waals surface area contributed by atoms with Crippen LogP contribution in [0.4, 0.5) is 5.13 Å². The normalized spacial score (nSPS) is 24.6. The van der Waals surface area contributed by atoms with Crippen LogP contribution >= 0.6 is 22.9 Å². The lowest BCUT2D eigenvalue weighted by molar-refractivity contribution is -0.124. The minimum atomic E-state index is 0.0244.